The van der Waals surface area contributed by atoms with Gasteiger partial charge in [0.05, 0.1) is 5.69 Å². The molecule has 0 saturated heterocycles. The van der Waals surface area contributed by atoms with E-state index in [9.17, 15) is 18.8 Å². The number of aromatic nitrogens is 1. The number of carbonyl (C=O) groups is 3. The Kier molecular flexibility index (Phi) is 8.46. The first kappa shape index (κ1) is 24.5. The summed E-state index contributed by atoms with van der Waals surface area (Å²) in [4.78, 5) is 39.7. The number of nitrogens with one attached hydrogen (secondary N) is 1. The Morgan fingerprint density at radius 2 is 1.84 bits per heavy atom. The fourth-order valence-corrected chi connectivity index (χ4v) is 2.56. The molecule has 1 unspecified atom stereocenters. The molecule has 32 heavy (non-hydrogen) atoms. The molecule has 0 spiro atoms. The third kappa shape index (κ3) is 8.55. The van der Waals surface area contributed by atoms with Crippen LogP contribution in [0.1, 0.15) is 37.7 Å². The number of pyridine rings is 1. The number of halogens is 1. The zero-order chi connectivity index (χ0) is 23.7. The Balaban J connectivity index is 2.19. The first-order valence-corrected chi connectivity index (χ1v) is 9.80. The van der Waals surface area contributed by atoms with Gasteiger partial charge in [-0.05, 0) is 44.5 Å². The van der Waals surface area contributed by atoms with Crippen LogP contribution in [0.4, 0.5) is 9.18 Å². The van der Waals surface area contributed by atoms with Gasteiger partial charge in [-0.2, -0.15) is 0 Å². The average Bonchev–Trinajstić information content (AvgIpc) is 2.71. The van der Waals surface area contributed by atoms with Gasteiger partial charge < -0.3 is 19.9 Å². The van der Waals surface area contributed by atoms with Crippen molar-refractivity contribution in [3.8, 4) is 0 Å². The normalized spacial score (nSPS) is 12.2. The fourth-order valence-electron chi connectivity index (χ4n) is 2.56. The van der Waals surface area contributed by atoms with Crippen LogP contribution < -0.4 is 5.32 Å². The first-order chi connectivity index (χ1) is 15.0. The summed E-state index contributed by atoms with van der Waals surface area (Å²) in [5.41, 5.74) is 0.0106. The molecule has 2 rings (SSSR count). The third-order valence-corrected chi connectivity index (χ3v) is 3.93. The molecule has 0 saturated carbocycles. The van der Waals surface area contributed by atoms with Gasteiger partial charge in [-0.1, -0.05) is 30.3 Å². The van der Waals surface area contributed by atoms with Crippen molar-refractivity contribution in [2.24, 2.45) is 0 Å². The average molecular weight is 444 g/mol. The molecule has 2 aromatic rings. The second-order valence-electron chi connectivity index (χ2n) is 7.84. The molecule has 1 atom stereocenters. The van der Waals surface area contributed by atoms with Crippen LogP contribution >= 0.6 is 0 Å². The monoisotopic (exact) mass is 444 g/mol. The van der Waals surface area contributed by atoms with Gasteiger partial charge in [0.25, 0.3) is 0 Å². The van der Waals surface area contributed by atoms with E-state index in [1.165, 1.54) is 6.07 Å². The molecule has 170 valence electrons. The Hall–Kier alpha value is -3.75. The van der Waals surface area contributed by atoms with E-state index in [1.54, 1.807) is 45.0 Å². The highest BCUT2D eigenvalue weighted by molar-refractivity contribution is 5.85. The maximum Gasteiger partial charge on any atom is 0.408 e. The van der Waals surface area contributed by atoms with Gasteiger partial charge in [0.15, 0.2) is 0 Å². The summed E-state index contributed by atoms with van der Waals surface area (Å²) >= 11 is 0. The smallest absolute Gasteiger partial charge is 0.408 e. The van der Waals surface area contributed by atoms with Crippen molar-refractivity contribution >= 4 is 24.1 Å². The van der Waals surface area contributed by atoms with Crippen LogP contribution in [0.25, 0.3) is 6.08 Å². The number of carbonyl (C=O) groups excluding carboxylic acids is 2. The minimum absolute atomic E-state index is 0.00435. The number of alkyl carbamates (subject to hydrolysis) is 1. The summed E-state index contributed by atoms with van der Waals surface area (Å²) in [7, 11) is 0. The summed E-state index contributed by atoms with van der Waals surface area (Å²) < 4.78 is 24.5. The number of rotatable bonds is 8. The third-order valence-electron chi connectivity index (χ3n) is 3.93. The summed E-state index contributed by atoms with van der Waals surface area (Å²) in [6.45, 7) is 5.03. The second kappa shape index (κ2) is 11.0. The number of benzene rings is 1. The van der Waals surface area contributed by atoms with E-state index in [1.807, 2.05) is 6.07 Å². The number of carboxylic acid groups (broad SMARTS) is 1. The molecular weight excluding hydrogens is 419 g/mol. The van der Waals surface area contributed by atoms with Crippen LogP contribution in [0.15, 0.2) is 48.5 Å². The SMILES string of the molecule is CC(C)(C)OC(=O)NC(Cc1ccc(F)c(/C=C/C(=O)O)n1)C(=O)OCc1ccccc1. The molecule has 1 aromatic heterocycles. The molecule has 8 nitrogen and oxygen atoms in total. The summed E-state index contributed by atoms with van der Waals surface area (Å²) in [6.07, 6.45) is 0.804. The van der Waals surface area contributed by atoms with Crippen LogP contribution in [0.5, 0.6) is 0 Å². The Bertz CT molecular complexity index is 986. The van der Waals surface area contributed by atoms with E-state index < -0.39 is 35.5 Å². The van der Waals surface area contributed by atoms with Gasteiger partial charge in [0.2, 0.25) is 0 Å². The van der Waals surface area contributed by atoms with Crippen molar-refractivity contribution in [1.29, 1.82) is 0 Å². The molecule has 2 N–H and O–H groups in total. The minimum atomic E-state index is -1.26. The van der Waals surface area contributed by atoms with Gasteiger partial charge in [-0.3, -0.25) is 4.98 Å². The van der Waals surface area contributed by atoms with Crippen molar-refractivity contribution < 1.29 is 33.4 Å². The predicted octanol–water partition coefficient (Wildman–Crippen LogP) is 3.50. The van der Waals surface area contributed by atoms with Crippen LogP contribution in [0, 0.1) is 5.82 Å². The van der Waals surface area contributed by atoms with Crippen LogP contribution in [-0.2, 0) is 32.1 Å². The number of aliphatic carboxylic acids is 1. The summed E-state index contributed by atoms with van der Waals surface area (Å²) in [6, 6.07) is 10.3. The highest BCUT2D eigenvalue weighted by Crippen LogP contribution is 2.12. The molecule has 0 aliphatic rings. The van der Waals surface area contributed by atoms with Crippen molar-refractivity contribution in [1.82, 2.24) is 10.3 Å². The molecule has 1 amide bonds. The van der Waals surface area contributed by atoms with Crippen molar-refractivity contribution in [3.63, 3.8) is 0 Å². The minimum Gasteiger partial charge on any atom is -0.478 e. The number of hydrogen-bond acceptors (Lipinski definition) is 6. The quantitative estimate of drug-likeness (QED) is 0.473. The lowest BCUT2D eigenvalue weighted by molar-refractivity contribution is -0.147. The molecular formula is C23H25FN2O6. The van der Waals surface area contributed by atoms with E-state index in [0.717, 1.165) is 23.8 Å². The lowest BCUT2D eigenvalue weighted by Gasteiger charge is -2.23. The van der Waals surface area contributed by atoms with E-state index >= 15 is 0 Å². The molecule has 0 bridgehead atoms. The van der Waals surface area contributed by atoms with Crippen molar-refractivity contribution in [2.75, 3.05) is 0 Å². The largest absolute Gasteiger partial charge is 0.478 e. The number of hydrogen-bond donors (Lipinski definition) is 2. The highest BCUT2D eigenvalue weighted by atomic mass is 19.1. The zero-order valence-corrected chi connectivity index (χ0v) is 18.0. The first-order valence-electron chi connectivity index (χ1n) is 9.80. The highest BCUT2D eigenvalue weighted by Gasteiger charge is 2.26. The number of amides is 1. The van der Waals surface area contributed by atoms with Gasteiger partial charge in [0, 0.05) is 18.2 Å². The van der Waals surface area contributed by atoms with E-state index in [0.29, 0.717) is 0 Å². The number of esters is 1. The summed E-state index contributed by atoms with van der Waals surface area (Å²) in [5, 5.41) is 11.2. The van der Waals surface area contributed by atoms with E-state index in [4.69, 9.17) is 14.6 Å². The number of nitrogens with zero attached hydrogens (tertiary/aromatic N) is 1. The lowest BCUT2D eigenvalue weighted by atomic mass is 10.1. The second-order valence-corrected chi connectivity index (χ2v) is 7.84. The number of carboxylic acids is 1. The standard InChI is InChI=1S/C23H25FN2O6/c1-23(2,3)32-22(30)26-19(21(29)31-14-15-7-5-4-6-8-15)13-16-9-10-17(24)18(25-16)11-12-20(27)28/h4-12,19H,13-14H2,1-3H3,(H,26,30)(H,27,28)/b12-11+. The molecule has 0 aliphatic heterocycles. The Morgan fingerprint density at radius 3 is 2.47 bits per heavy atom. The van der Waals surface area contributed by atoms with Gasteiger partial charge in [0.1, 0.15) is 24.1 Å². The van der Waals surface area contributed by atoms with E-state index in [2.05, 4.69) is 10.3 Å². The number of ether oxygens (including phenoxy) is 2. The molecule has 1 heterocycles. The lowest BCUT2D eigenvalue weighted by Crippen LogP contribution is -2.45. The predicted molar refractivity (Wildman–Crippen MR) is 114 cm³/mol. The van der Waals surface area contributed by atoms with Crippen molar-refractivity contribution in [3.05, 3.63) is 71.3 Å². The van der Waals surface area contributed by atoms with Gasteiger partial charge >= 0.3 is 18.0 Å². The Labute approximate surface area is 185 Å². The maximum absolute atomic E-state index is 13.9. The molecule has 0 radical (unpaired) electrons. The molecule has 0 fully saturated rings. The van der Waals surface area contributed by atoms with E-state index in [-0.39, 0.29) is 24.4 Å². The van der Waals surface area contributed by atoms with Gasteiger partial charge in [-0.15, -0.1) is 0 Å². The molecule has 0 aliphatic carbocycles. The Morgan fingerprint density at radius 1 is 1.16 bits per heavy atom. The van der Waals surface area contributed by atoms with Crippen molar-refractivity contribution in [2.45, 2.75) is 45.4 Å². The zero-order valence-electron chi connectivity index (χ0n) is 18.0. The molecule has 9 heteroatoms. The maximum atomic E-state index is 13.9. The van der Waals surface area contributed by atoms with Crippen LogP contribution in [0.3, 0.4) is 0 Å². The summed E-state index contributed by atoms with van der Waals surface area (Å²) in [5.74, 6) is -2.71. The topological polar surface area (TPSA) is 115 Å². The van der Waals surface area contributed by atoms with Crippen LogP contribution in [-0.4, -0.2) is 39.8 Å². The van der Waals surface area contributed by atoms with Gasteiger partial charge in [-0.25, -0.2) is 18.8 Å². The van der Waals surface area contributed by atoms with Crippen LogP contribution in [0.2, 0.25) is 0 Å². The fraction of sp³-hybridized carbons (Fsp3) is 0.304. The molecule has 1 aromatic carbocycles.